The Morgan fingerprint density at radius 3 is 2.31 bits per heavy atom. The summed E-state index contributed by atoms with van der Waals surface area (Å²) < 4.78 is 10.7. The minimum Gasteiger partial charge on any atom is -0.497 e. The van der Waals surface area contributed by atoms with Crippen LogP contribution in [-0.2, 0) is 10.2 Å². The van der Waals surface area contributed by atoms with Crippen LogP contribution in [0.25, 0.3) is 6.08 Å². The Bertz CT molecular complexity index is 1780. The summed E-state index contributed by atoms with van der Waals surface area (Å²) in [5.74, 6) is -0.748. The first-order valence-electron chi connectivity index (χ1n) is 13.8. The molecule has 3 heterocycles. The molecule has 4 aromatic carbocycles. The number of para-hydroxylation sites is 1. The van der Waals surface area contributed by atoms with Crippen LogP contribution in [-0.4, -0.2) is 42.6 Å². The van der Waals surface area contributed by atoms with Crippen molar-refractivity contribution in [2.45, 2.75) is 17.5 Å². The van der Waals surface area contributed by atoms with E-state index in [1.165, 1.54) is 0 Å². The van der Waals surface area contributed by atoms with E-state index in [1.54, 1.807) is 62.8 Å². The Morgan fingerprint density at radius 1 is 0.786 bits per heavy atom. The zero-order valence-corrected chi connectivity index (χ0v) is 23.1. The molecule has 0 radical (unpaired) electrons. The fourth-order valence-electron chi connectivity index (χ4n) is 7.05. The summed E-state index contributed by atoms with van der Waals surface area (Å²) in [6.07, 6.45) is 3.82. The van der Waals surface area contributed by atoms with E-state index in [-0.39, 0.29) is 17.5 Å². The van der Waals surface area contributed by atoms with Crippen LogP contribution in [0.2, 0.25) is 0 Å². The van der Waals surface area contributed by atoms with Gasteiger partial charge in [-0.05, 0) is 65.2 Å². The molecule has 7 nitrogen and oxygen atoms in total. The molecule has 1 N–H and O–H groups in total. The summed E-state index contributed by atoms with van der Waals surface area (Å²) in [6, 6.07) is 27.5. The minimum atomic E-state index is -1.38. The summed E-state index contributed by atoms with van der Waals surface area (Å²) in [5.41, 5.74) is 2.62. The Kier molecular flexibility index (Phi) is 5.97. The third kappa shape index (κ3) is 3.56. The molecule has 208 valence electrons. The maximum Gasteiger partial charge on any atom is 0.238 e. The lowest BCUT2D eigenvalue weighted by Crippen LogP contribution is -2.49. The van der Waals surface area contributed by atoms with Crippen molar-refractivity contribution in [1.82, 2.24) is 4.90 Å². The molecule has 4 aromatic rings. The molecule has 1 spiro atoms. The molecule has 42 heavy (non-hydrogen) atoms. The van der Waals surface area contributed by atoms with Crippen LogP contribution >= 0.6 is 0 Å². The fourth-order valence-corrected chi connectivity index (χ4v) is 7.05. The van der Waals surface area contributed by atoms with Gasteiger partial charge in [0.15, 0.2) is 11.6 Å². The van der Waals surface area contributed by atoms with Gasteiger partial charge >= 0.3 is 0 Å². The van der Waals surface area contributed by atoms with E-state index in [2.05, 4.69) is 5.32 Å². The first-order chi connectivity index (χ1) is 20.5. The lowest BCUT2D eigenvalue weighted by Gasteiger charge is -2.38. The van der Waals surface area contributed by atoms with Gasteiger partial charge in [-0.3, -0.25) is 14.4 Å². The largest absolute Gasteiger partial charge is 0.497 e. The number of ether oxygens (including phenoxy) is 2. The maximum absolute atomic E-state index is 14.8. The Labute approximate surface area is 243 Å². The molecule has 0 bridgehead atoms. The van der Waals surface area contributed by atoms with Crippen molar-refractivity contribution in [2.75, 3.05) is 19.5 Å². The smallest absolute Gasteiger partial charge is 0.238 e. The number of nitrogens with zero attached hydrogens (tertiary/aromatic N) is 1. The average molecular weight is 557 g/mol. The molecule has 3 aliphatic heterocycles. The molecule has 4 unspecified atom stereocenters. The van der Waals surface area contributed by atoms with E-state index in [1.807, 2.05) is 65.7 Å². The molecular weight excluding hydrogens is 528 g/mol. The predicted molar refractivity (Wildman–Crippen MR) is 159 cm³/mol. The van der Waals surface area contributed by atoms with Crippen molar-refractivity contribution in [1.29, 1.82) is 0 Å². The Morgan fingerprint density at radius 2 is 1.52 bits per heavy atom. The molecule has 1 fully saturated rings. The highest BCUT2D eigenvalue weighted by Gasteiger charge is 2.70. The van der Waals surface area contributed by atoms with Gasteiger partial charge in [-0.15, -0.1) is 0 Å². The van der Waals surface area contributed by atoms with Crippen molar-refractivity contribution in [3.05, 3.63) is 131 Å². The Hall–Kier alpha value is -5.17. The van der Waals surface area contributed by atoms with Crippen LogP contribution in [0, 0.1) is 5.92 Å². The van der Waals surface area contributed by atoms with E-state index in [4.69, 9.17) is 9.47 Å². The van der Waals surface area contributed by atoms with Gasteiger partial charge in [0.05, 0.1) is 26.2 Å². The summed E-state index contributed by atoms with van der Waals surface area (Å²) in [4.78, 5) is 45.9. The lowest BCUT2D eigenvalue weighted by molar-refractivity contribution is -0.122. The van der Waals surface area contributed by atoms with Crippen LogP contribution in [0.15, 0.2) is 103 Å². The number of anilines is 1. The Balaban J connectivity index is 1.52. The molecule has 7 heteroatoms. The summed E-state index contributed by atoms with van der Waals surface area (Å²) >= 11 is 0. The monoisotopic (exact) mass is 556 g/mol. The average Bonchev–Trinajstić information content (AvgIpc) is 3.52. The molecule has 4 atom stereocenters. The van der Waals surface area contributed by atoms with Gasteiger partial charge in [-0.2, -0.15) is 0 Å². The number of nitrogens with one attached hydrogen (secondary N) is 1. The van der Waals surface area contributed by atoms with Crippen molar-refractivity contribution in [3.63, 3.8) is 0 Å². The maximum atomic E-state index is 14.8. The standard InChI is InChI=1S/C35H28N2O5/c1-41-24-16-14-22(15-17-24)31(38)29-30(32(39)23-9-7-10-25(20-23)42-2)37-19-18-21-8-3-4-11-26(21)33(37)35(29)27-12-5-6-13-28(27)36-34(35)40/h3-20,29-30,33H,1-2H3,(H,36,40). The topological polar surface area (TPSA) is 84.9 Å². The quantitative estimate of drug-likeness (QED) is 0.308. The highest BCUT2D eigenvalue weighted by atomic mass is 16.5. The number of hydrogen-bond acceptors (Lipinski definition) is 6. The third-order valence-corrected chi connectivity index (χ3v) is 8.85. The van der Waals surface area contributed by atoms with Gasteiger partial charge in [0.2, 0.25) is 5.91 Å². The van der Waals surface area contributed by atoms with Crippen LogP contribution in [0.3, 0.4) is 0 Å². The zero-order valence-electron chi connectivity index (χ0n) is 23.1. The van der Waals surface area contributed by atoms with Crippen molar-refractivity contribution < 1.29 is 23.9 Å². The van der Waals surface area contributed by atoms with E-state index in [0.717, 1.165) is 11.1 Å². The van der Waals surface area contributed by atoms with E-state index in [9.17, 15) is 14.4 Å². The van der Waals surface area contributed by atoms with Crippen molar-refractivity contribution >= 4 is 29.2 Å². The van der Waals surface area contributed by atoms with Gasteiger partial charge in [0.25, 0.3) is 0 Å². The molecule has 0 saturated carbocycles. The second-order valence-corrected chi connectivity index (χ2v) is 10.8. The number of fused-ring (bicyclic) bond motifs is 6. The number of ketones is 2. The van der Waals surface area contributed by atoms with E-state index in [0.29, 0.717) is 33.9 Å². The summed E-state index contributed by atoms with van der Waals surface area (Å²) in [6.45, 7) is 0. The molecular formula is C35H28N2O5. The van der Waals surface area contributed by atoms with Gasteiger partial charge < -0.3 is 19.7 Å². The van der Waals surface area contributed by atoms with Gasteiger partial charge in [0, 0.05) is 23.0 Å². The highest BCUT2D eigenvalue weighted by Crippen LogP contribution is 2.62. The highest BCUT2D eigenvalue weighted by molar-refractivity contribution is 6.16. The molecule has 1 saturated heterocycles. The van der Waals surface area contributed by atoms with Crippen LogP contribution in [0.1, 0.15) is 43.4 Å². The van der Waals surface area contributed by atoms with E-state index >= 15 is 0 Å². The third-order valence-electron chi connectivity index (χ3n) is 8.85. The SMILES string of the molecule is COc1ccc(C(=O)C2C(C(=O)c3cccc(OC)c3)N3C=Cc4ccccc4C3C23C(=O)Nc2ccccc23)cc1. The van der Waals surface area contributed by atoms with Gasteiger partial charge in [-0.1, -0.05) is 54.6 Å². The molecule has 0 aliphatic carbocycles. The molecule has 3 aliphatic rings. The minimum absolute atomic E-state index is 0.260. The number of rotatable bonds is 6. The number of carbonyl (C=O) groups is 3. The van der Waals surface area contributed by atoms with Crippen LogP contribution in [0.4, 0.5) is 5.69 Å². The summed E-state index contributed by atoms with van der Waals surface area (Å²) in [7, 11) is 3.11. The first-order valence-corrected chi connectivity index (χ1v) is 13.8. The van der Waals surface area contributed by atoms with Gasteiger partial charge in [-0.25, -0.2) is 0 Å². The number of hydrogen-bond donors (Lipinski definition) is 1. The number of carbonyl (C=O) groups excluding carboxylic acids is 3. The predicted octanol–water partition coefficient (Wildman–Crippen LogP) is 5.69. The number of methoxy groups -OCH3 is 2. The van der Waals surface area contributed by atoms with E-state index < -0.39 is 23.4 Å². The van der Waals surface area contributed by atoms with Crippen molar-refractivity contribution in [2.24, 2.45) is 5.92 Å². The molecule has 1 amide bonds. The normalized spacial score (nSPS) is 23.1. The number of benzene rings is 4. The second kappa shape index (κ2) is 9.73. The summed E-state index contributed by atoms with van der Waals surface area (Å²) in [5, 5.41) is 3.07. The number of Topliss-reactive ketones (excluding diaryl/α,β-unsaturated/α-hetero) is 2. The molecule has 7 rings (SSSR count). The molecule has 0 aromatic heterocycles. The first kappa shape index (κ1) is 25.8. The number of amides is 1. The fraction of sp³-hybridized carbons (Fsp3) is 0.171. The van der Waals surface area contributed by atoms with Crippen molar-refractivity contribution in [3.8, 4) is 11.5 Å². The lowest BCUT2D eigenvalue weighted by atomic mass is 9.62. The van der Waals surface area contributed by atoms with Crippen LogP contribution in [0.5, 0.6) is 11.5 Å². The second-order valence-electron chi connectivity index (χ2n) is 10.8. The van der Waals surface area contributed by atoms with Crippen LogP contribution < -0.4 is 14.8 Å². The zero-order chi connectivity index (χ0) is 29.0. The van der Waals surface area contributed by atoms with Gasteiger partial charge in [0.1, 0.15) is 23.0 Å².